The highest BCUT2D eigenvalue weighted by molar-refractivity contribution is 7.89. The molecule has 4 bridgehead atoms. The Morgan fingerprint density at radius 3 is 2.21 bits per heavy atom. The van der Waals surface area contributed by atoms with Gasteiger partial charge in [-0.3, -0.25) is 10.2 Å². The van der Waals surface area contributed by atoms with Crippen LogP contribution in [0.5, 0.6) is 0 Å². The molecule has 4 aliphatic carbocycles. The average Bonchev–Trinajstić information content (AvgIpc) is 2.51. The van der Waals surface area contributed by atoms with Crippen molar-refractivity contribution in [2.75, 3.05) is 0 Å². The van der Waals surface area contributed by atoms with Crippen molar-refractivity contribution in [1.29, 1.82) is 0 Å². The second kappa shape index (κ2) is 5.52. The second-order valence-corrected chi connectivity index (χ2v) is 9.40. The molecule has 5 nitrogen and oxygen atoms in total. The van der Waals surface area contributed by atoms with E-state index in [1.165, 1.54) is 37.5 Å². The van der Waals surface area contributed by atoms with Crippen LogP contribution in [0, 0.1) is 29.0 Å². The molecule has 24 heavy (non-hydrogen) atoms. The van der Waals surface area contributed by atoms with Gasteiger partial charge >= 0.3 is 0 Å². The molecule has 0 spiro atoms. The number of sulfonamides is 1. The van der Waals surface area contributed by atoms with Crippen molar-refractivity contribution >= 4 is 15.9 Å². The smallest absolute Gasteiger partial charge is 0.257 e. The lowest BCUT2D eigenvalue weighted by Crippen LogP contribution is -2.56. The summed E-state index contributed by atoms with van der Waals surface area (Å²) in [6.45, 7) is 0. The van der Waals surface area contributed by atoms with Gasteiger partial charge in [-0.1, -0.05) is 6.07 Å². The zero-order valence-electron chi connectivity index (χ0n) is 13.3. The van der Waals surface area contributed by atoms with Crippen LogP contribution in [0.1, 0.15) is 38.5 Å². The zero-order valence-corrected chi connectivity index (χ0v) is 14.1. The Kier molecular flexibility index (Phi) is 3.69. The quantitative estimate of drug-likeness (QED) is 0.817. The molecule has 1 aromatic carbocycles. The molecule has 7 heteroatoms. The van der Waals surface area contributed by atoms with Crippen LogP contribution in [0.4, 0.5) is 4.39 Å². The fraction of sp³-hybridized carbons (Fsp3) is 0.588. The average molecular weight is 352 g/mol. The summed E-state index contributed by atoms with van der Waals surface area (Å²) < 4.78 is 37.7. The fourth-order valence-corrected chi connectivity index (χ4v) is 6.20. The number of hydrazine groups is 1. The van der Waals surface area contributed by atoms with Crippen molar-refractivity contribution in [3.05, 3.63) is 30.1 Å². The summed E-state index contributed by atoms with van der Waals surface area (Å²) in [6.07, 6.45) is 6.19. The highest BCUT2D eigenvalue weighted by Gasteiger charge is 2.54. The lowest BCUT2D eigenvalue weighted by molar-refractivity contribution is -0.146. The molecular formula is C17H21FN2O3S. The third kappa shape index (κ3) is 2.73. The van der Waals surface area contributed by atoms with Crippen LogP contribution >= 0.6 is 0 Å². The van der Waals surface area contributed by atoms with E-state index in [9.17, 15) is 17.6 Å². The van der Waals surface area contributed by atoms with Gasteiger partial charge in [0.1, 0.15) is 5.82 Å². The molecular weight excluding hydrogens is 331 g/mol. The third-order valence-corrected chi connectivity index (χ3v) is 7.17. The molecule has 130 valence electrons. The largest absolute Gasteiger partial charge is 0.277 e. The summed E-state index contributed by atoms with van der Waals surface area (Å²) in [4.78, 5) is 14.7. The monoisotopic (exact) mass is 352 g/mol. The second-order valence-electron chi connectivity index (χ2n) is 7.71. The van der Waals surface area contributed by atoms with Crippen LogP contribution < -0.4 is 10.3 Å². The molecule has 2 N–H and O–H groups in total. The minimum absolute atomic E-state index is 0.201. The lowest BCUT2D eigenvalue weighted by atomic mass is 9.49. The summed E-state index contributed by atoms with van der Waals surface area (Å²) >= 11 is 0. The number of carbonyl (C=O) groups excluding carboxylic acids is 1. The number of carbonyl (C=O) groups is 1. The van der Waals surface area contributed by atoms with Crippen molar-refractivity contribution in [2.45, 2.75) is 43.4 Å². The lowest BCUT2D eigenvalue weighted by Gasteiger charge is -2.55. The van der Waals surface area contributed by atoms with Crippen molar-refractivity contribution in [3.8, 4) is 0 Å². The van der Waals surface area contributed by atoms with Gasteiger partial charge in [-0.15, -0.1) is 4.83 Å². The van der Waals surface area contributed by atoms with E-state index in [1.54, 1.807) is 0 Å². The number of benzene rings is 1. The number of rotatable bonds is 4. The molecule has 1 aromatic rings. The molecule has 4 aliphatic rings. The van der Waals surface area contributed by atoms with Gasteiger partial charge in [-0.2, -0.15) is 0 Å². The molecule has 0 aromatic heterocycles. The number of hydrogen-bond acceptors (Lipinski definition) is 3. The summed E-state index contributed by atoms with van der Waals surface area (Å²) in [5.74, 6) is 0.928. The maximum absolute atomic E-state index is 13.2. The van der Waals surface area contributed by atoms with E-state index in [2.05, 4.69) is 10.3 Å². The zero-order chi connectivity index (χ0) is 16.9. The maximum Gasteiger partial charge on any atom is 0.257 e. The van der Waals surface area contributed by atoms with E-state index in [0.717, 1.165) is 25.3 Å². The Labute approximate surface area is 141 Å². The number of hydrogen-bond donors (Lipinski definition) is 2. The predicted octanol–water partition coefficient (Wildman–Crippen LogP) is 2.35. The Bertz CT molecular complexity index is 743. The van der Waals surface area contributed by atoms with Crippen LogP contribution in [-0.2, 0) is 14.8 Å². The topological polar surface area (TPSA) is 75.3 Å². The van der Waals surface area contributed by atoms with Gasteiger partial charge < -0.3 is 0 Å². The Morgan fingerprint density at radius 1 is 1.08 bits per heavy atom. The van der Waals surface area contributed by atoms with Crippen molar-refractivity contribution in [1.82, 2.24) is 10.3 Å². The van der Waals surface area contributed by atoms with Gasteiger partial charge in [-0.05, 0) is 74.5 Å². The molecule has 0 heterocycles. The first kappa shape index (κ1) is 16.0. The van der Waals surface area contributed by atoms with Crippen LogP contribution in [0.25, 0.3) is 0 Å². The normalized spacial score (nSPS) is 34.3. The molecule has 4 fully saturated rings. The van der Waals surface area contributed by atoms with E-state index in [-0.39, 0.29) is 10.8 Å². The Hall–Kier alpha value is -1.47. The first-order valence-corrected chi connectivity index (χ1v) is 9.92. The van der Waals surface area contributed by atoms with Crippen LogP contribution in [0.3, 0.4) is 0 Å². The summed E-state index contributed by atoms with van der Waals surface area (Å²) in [5.41, 5.74) is 1.97. The minimum Gasteiger partial charge on any atom is -0.277 e. The molecule has 4 saturated carbocycles. The summed E-state index contributed by atoms with van der Waals surface area (Å²) in [5, 5.41) is 0. The molecule has 0 aliphatic heterocycles. The van der Waals surface area contributed by atoms with Gasteiger partial charge in [0.05, 0.1) is 10.3 Å². The van der Waals surface area contributed by atoms with Crippen molar-refractivity contribution < 1.29 is 17.6 Å². The van der Waals surface area contributed by atoms with Crippen LogP contribution in [0.2, 0.25) is 0 Å². The molecule has 0 unspecified atom stereocenters. The number of amides is 1. The van der Waals surface area contributed by atoms with E-state index in [4.69, 9.17) is 0 Å². The van der Waals surface area contributed by atoms with Gasteiger partial charge in [0.25, 0.3) is 10.0 Å². The van der Waals surface area contributed by atoms with Gasteiger partial charge in [0.15, 0.2) is 0 Å². The number of halogens is 1. The standard InChI is InChI=1S/C17H21FN2O3S/c18-14-2-1-3-15(7-14)24(22,23)20-19-16(21)17-8-11-4-12(9-17)6-13(5-11)10-17/h1-3,7,11-13,20H,4-6,8-10H2,(H,19,21). The highest BCUT2D eigenvalue weighted by atomic mass is 32.2. The van der Waals surface area contributed by atoms with Crippen molar-refractivity contribution in [3.63, 3.8) is 0 Å². The van der Waals surface area contributed by atoms with Crippen molar-refractivity contribution in [2.24, 2.45) is 23.2 Å². The predicted molar refractivity (Wildman–Crippen MR) is 85.5 cm³/mol. The molecule has 1 amide bonds. The van der Waals surface area contributed by atoms with E-state index in [0.29, 0.717) is 17.8 Å². The van der Waals surface area contributed by atoms with Gasteiger partial charge in [0.2, 0.25) is 5.91 Å². The first-order chi connectivity index (χ1) is 11.4. The number of nitrogens with one attached hydrogen (secondary N) is 2. The van der Waals surface area contributed by atoms with E-state index in [1.807, 2.05) is 0 Å². The molecule has 0 saturated heterocycles. The summed E-state index contributed by atoms with van der Waals surface area (Å²) in [7, 11) is -3.97. The Morgan fingerprint density at radius 2 is 1.67 bits per heavy atom. The van der Waals surface area contributed by atoms with E-state index >= 15 is 0 Å². The van der Waals surface area contributed by atoms with E-state index < -0.39 is 21.3 Å². The minimum atomic E-state index is -3.97. The fourth-order valence-electron chi connectivity index (χ4n) is 5.33. The maximum atomic E-state index is 13.2. The van der Waals surface area contributed by atoms with Gasteiger partial charge in [0, 0.05) is 0 Å². The first-order valence-electron chi connectivity index (χ1n) is 8.44. The third-order valence-electron chi connectivity index (χ3n) is 5.93. The SMILES string of the molecule is O=C(NNS(=O)(=O)c1cccc(F)c1)C12CC3CC(CC(C3)C1)C2. The van der Waals surface area contributed by atoms with Crippen LogP contribution in [-0.4, -0.2) is 14.3 Å². The Balaban J connectivity index is 1.47. The summed E-state index contributed by atoms with van der Waals surface area (Å²) in [6, 6.07) is 4.72. The molecule has 5 rings (SSSR count). The van der Waals surface area contributed by atoms with Gasteiger partial charge in [-0.25, -0.2) is 12.8 Å². The highest BCUT2D eigenvalue weighted by Crippen LogP contribution is 2.60. The molecule has 0 radical (unpaired) electrons. The molecule has 0 atom stereocenters. The van der Waals surface area contributed by atoms with Crippen LogP contribution in [0.15, 0.2) is 29.2 Å².